The topological polar surface area (TPSA) is 67.1 Å². The van der Waals surface area contributed by atoms with Gasteiger partial charge in [-0.1, -0.05) is 4.68 Å². The number of esters is 1. The number of hydrazone groups is 1. The van der Waals surface area contributed by atoms with E-state index in [4.69, 9.17) is 0 Å². The molecule has 0 aliphatic carbocycles. The van der Waals surface area contributed by atoms with Gasteiger partial charge in [-0.2, -0.15) is 5.43 Å². The Hall–Kier alpha value is -2.50. The van der Waals surface area contributed by atoms with Gasteiger partial charge in [0.1, 0.15) is 6.42 Å². The van der Waals surface area contributed by atoms with Crippen LogP contribution in [0, 0.1) is 0 Å². The van der Waals surface area contributed by atoms with Crippen LogP contribution in [0.4, 0.5) is 0 Å². The molecule has 0 saturated carbocycles. The highest BCUT2D eigenvalue weighted by molar-refractivity contribution is 5.84. The molecule has 0 spiro atoms. The van der Waals surface area contributed by atoms with Crippen LogP contribution in [0.3, 0.4) is 0 Å². The number of carbonyl (C=O) groups excluding carboxylic acids is 1. The van der Waals surface area contributed by atoms with Crippen LogP contribution >= 0.6 is 0 Å². The number of aromatic nitrogens is 2. The molecule has 2 rings (SSSR count). The van der Waals surface area contributed by atoms with E-state index in [0.29, 0.717) is 0 Å². The Morgan fingerprint density at radius 1 is 1.56 bits per heavy atom. The summed E-state index contributed by atoms with van der Waals surface area (Å²) in [5.74, 6) is -0.283. The first-order valence-electron chi connectivity index (χ1n) is 5.39. The maximum atomic E-state index is 11.0. The zero-order valence-corrected chi connectivity index (χ0v) is 9.91. The number of hydrazine groups is 1. The minimum Gasteiger partial charge on any atom is -0.469 e. The maximum Gasteiger partial charge on any atom is 0.315 e. The number of hydrogen-bond acceptors (Lipinski definition) is 5. The Balaban J connectivity index is 2.01. The largest absolute Gasteiger partial charge is 0.469 e. The normalized spacial score (nSPS) is 16.1. The molecular weight excluding hydrogens is 232 g/mol. The molecule has 0 saturated heterocycles. The molecule has 1 aliphatic rings. The van der Waals surface area contributed by atoms with Gasteiger partial charge in [-0.3, -0.25) is 14.8 Å². The van der Waals surface area contributed by atoms with Crippen LogP contribution < -0.4 is 5.43 Å². The van der Waals surface area contributed by atoms with Gasteiger partial charge >= 0.3 is 5.97 Å². The van der Waals surface area contributed by atoms with Crippen molar-refractivity contribution < 1.29 is 14.2 Å². The van der Waals surface area contributed by atoms with E-state index in [2.05, 4.69) is 20.1 Å². The lowest BCUT2D eigenvalue weighted by Gasteiger charge is -2.05. The number of methoxy groups -OCH3 is 1. The van der Waals surface area contributed by atoms with Crippen LogP contribution in [-0.4, -0.2) is 33.9 Å². The highest BCUT2D eigenvalue weighted by Crippen LogP contribution is 2.12. The van der Waals surface area contributed by atoms with Crippen molar-refractivity contribution in [3.63, 3.8) is 0 Å². The van der Waals surface area contributed by atoms with E-state index in [9.17, 15) is 4.79 Å². The molecular formula is C12H13N4O2+. The van der Waals surface area contributed by atoms with Gasteiger partial charge in [0.15, 0.2) is 12.4 Å². The van der Waals surface area contributed by atoms with Gasteiger partial charge in [-0.05, 0) is 0 Å². The van der Waals surface area contributed by atoms with Crippen molar-refractivity contribution in [2.75, 3.05) is 7.11 Å². The SMILES string of the molecule is COC(=O)CC=[N+]1C=CC(c2cnccn2)=CN1. The molecule has 0 aromatic carbocycles. The smallest absolute Gasteiger partial charge is 0.315 e. The maximum absolute atomic E-state index is 11.0. The minimum absolute atomic E-state index is 0.210. The molecule has 92 valence electrons. The van der Waals surface area contributed by atoms with Crippen molar-refractivity contribution in [1.82, 2.24) is 15.4 Å². The third-order valence-corrected chi connectivity index (χ3v) is 2.33. The van der Waals surface area contributed by atoms with Gasteiger partial charge in [0.25, 0.3) is 0 Å². The van der Waals surface area contributed by atoms with Gasteiger partial charge in [0.2, 0.25) is 0 Å². The molecule has 1 N–H and O–H groups in total. The van der Waals surface area contributed by atoms with E-state index in [0.717, 1.165) is 11.3 Å². The van der Waals surface area contributed by atoms with E-state index < -0.39 is 0 Å². The summed E-state index contributed by atoms with van der Waals surface area (Å²) in [6.07, 6.45) is 12.3. The Labute approximate surface area is 104 Å². The van der Waals surface area contributed by atoms with Crippen LogP contribution in [0.1, 0.15) is 12.1 Å². The lowest BCUT2D eigenvalue weighted by atomic mass is 10.2. The predicted molar refractivity (Wildman–Crippen MR) is 65.2 cm³/mol. The number of ether oxygens (including phenoxy) is 1. The summed E-state index contributed by atoms with van der Waals surface area (Å²) in [6.45, 7) is 0. The van der Waals surface area contributed by atoms with E-state index in [-0.39, 0.29) is 12.4 Å². The van der Waals surface area contributed by atoms with Gasteiger partial charge in [0.05, 0.1) is 25.2 Å². The van der Waals surface area contributed by atoms with Gasteiger partial charge in [-0.15, -0.1) is 0 Å². The first-order chi connectivity index (χ1) is 8.79. The van der Waals surface area contributed by atoms with Gasteiger partial charge < -0.3 is 4.74 Å². The number of nitrogens with zero attached hydrogens (tertiary/aromatic N) is 3. The van der Waals surface area contributed by atoms with Crippen LogP contribution in [-0.2, 0) is 9.53 Å². The average molecular weight is 245 g/mol. The number of nitrogens with one attached hydrogen (secondary N) is 1. The van der Waals surface area contributed by atoms with Crippen LogP contribution in [0.25, 0.3) is 5.57 Å². The Morgan fingerprint density at radius 2 is 2.44 bits per heavy atom. The second-order valence-corrected chi connectivity index (χ2v) is 3.51. The molecule has 2 heterocycles. The van der Waals surface area contributed by atoms with Gasteiger partial charge in [0, 0.05) is 24.0 Å². The summed E-state index contributed by atoms with van der Waals surface area (Å²) in [5.41, 5.74) is 4.71. The molecule has 18 heavy (non-hydrogen) atoms. The average Bonchev–Trinajstić information content (AvgIpc) is 2.46. The molecule has 1 aliphatic heterocycles. The summed E-state index contributed by atoms with van der Waals surface area (Å²) < 4.78 is 6.23. The van der Waals surface area contributed by atoms with Crippen LogP contribution in [0.15, 0.2) is 37.1 Å². The summed E-state index contributed by atoms with van der Waals surface area (Å²) in [6, 6.07) is 0. The van der Waals surface area contributed by atoms with Crippen molar-refractivity contribution in [2.24, 2.45) is 0 Å². The number of allylic oxidation sites excluding steroid dienone is 2. The van der Waals surface area contributed by atoms with Gasteiger partial charge in [-0.25, -0.2) is 0 Å². The van der Waals surface area contributed by atoms with Crippen molar-refractivity contribution in [3.05, 3.63) is 42.8 Å². The highest BCUT2D eigenvalue weighted by Gasteiger charge is 2.10. The second kappa shape index (κ2) is 5.72. The van der Waals surface area contributed by atoms with E-state index >= 15 is 0 Å². The molecule has 1 aromatic heterocycles. The third-order valence-electron chi connectivity index (χ3n) is 2.33. The minimum atomic E-state index is -0.283. The molecule has 1 aromatic rings. The fraction of sp³-hybridized carbons (Fsp3) is 0.167. The fourth-order valence-electron chi connectivity index (χ4n) is 1.37. The Kier molecular flexibility index (Phi) is 3.80. The monoisotopic (exact) mass is 245 g/mol. The molecule has 0 fully saturated rings. The van der Waals surface area contributed by atoms with Crippen molar-refractivity contribution in [3.8, 4) is 0 Å². The molecule has 0 radical (unpaired) electrons. The summed E-state index contributed by atoms with van der Waals surface area (Å²) in [5, 5.41) is 0. The fourth-order valence-corrected chi connectivity index (χ4v) is 1.37. The Bertz CT molecular complexity index is 520. The Morgan fingerprint density at radius 3 is 3.06 bits per heavy atom. The highest BCUT2D eigenvalue weighted by atomic mass is 16.5. The predicted octanol–water partition coefficient (Wildman–Crippen LogP) is 0.496. The zero-order chi connectivity index (χ0) is 12.8. The summed E-state index contributed by atoms with van der Waals surface area (Å²) >= 11 is 0. The lowest BCUT2D eigenvalue weighted by molar-refractivity contribution is -0.507. The van der Waals surface area contributed by atoms with Crippen molar-refractivity contribution >= 4 is 17.8 Å². The molecule has 0 bridgehead atoms. The van der Waals surface area contributed by atoms with E-state index in [1.54, 1.807) is 41.9 Å². The first-order valence-corrected chi connectivity index (χ1v) is 5.39. The van der Waals surface area contributed by atoms with Crippen molar-refractivity contribution in [2.45, 2.75) is 6.42 Å². The van der Waals surface area contributed by atoms with Crippen LogP contribution in [0.5, 0.6) is 0 Å². The number of carbonyl (C=O) groups is 1. The summed E-state index contributed by atoms with van der Waals surface area (Å²) in [4.78, 5) is 19.2. The first kappa shape index (κ1) is 12.0. The zero-order valence-electron chi connectivity index (χ0n) is 9.91. The summed E-state index contributed by atoms with van der Waals surface area (Å²) in [7, 11) is 1.36. The number of rotatable bonds is 3. The van der Waals surface area contributed by atoms with Crippen molar-refractivity contribution in [1.29, 1.82) is 0 Å². The molecule has 0 atom stereocenters. The van der Waals surface area contributed by atoms with Crippen LogP contribution in [0.2, 0.25) is 0 Å². The standard InChI is InChI=1S/C12H13N4O2/c1-18-12(17)3-7-16-6-2-10(8-15-16)11-9-13-4-5-14-11/h2,4-9,15H,3H2,1H3/q+1. The number of hydrogen-bond donors (Lipinski definition) is 1. The molecule has 0 amide bonds. The lowest BCUT2D eigenvalue weighted by Crippen LogP contribution is -2.23. The molecule has 0 unspecified atom stereocenters. The van der Waals surface area contributed by atoms with E-state index in [1.165, 1.54) is 7.11 Å². The molecule has 6 heteroatoms. The third kappa shape index (κ3) is 3.00. The van der Waals surface area contributed by atoms with E-state index in [1.807, 2.05) is 6.08 Å². The molecule has 6 nitrogen and oxygen atoms in total. The quantitative estimate of drug-likeness (QED) is 0.620. The second-order valence-electron chi connectivity index (χ2n) is 3.51.